The fraction of sp³-hybridized carbons (Fsp3) is 0.286. The van der Waals surface area contributed by atoms with Crippen LogP contribution in [0, 0.1) is 0 Å². The van der Waals surface area contributed by atoms with Crippen LogP contribution in [-0.4, -0.2) is 62.2 Å². The molecule has 1 saturated heterocycles. The zero-order chi connectivity index (χ0) is 16.0. The number of likely N-dealkylation sites (N-methyl/N-ethyl adjacent to an activating group) is 1. The molecule has 0 bridgehead atoms. The topological polar surface area (TPSA) is 70.8 Å². The molecule has 1 aliphatic heterocycles. The van der Waals surface area contributed by atoms with Crippen molar-refractivity contribution < 1.29 is 9.59 Å². The fourth-order valence-electron chi connectivity index (χ4n) is 2.57. The molecule has 3 aromatic rings. The highest BCUT2D eigenvalue weighted by Crippen LogP contribution is 2.29. The molecule has 3 amide bonds. The van der Waals surface area contributed by atoms with E-state index in [2.05, 4.69) is 16.3 Å². The van der Waals surface area contributed by atoms with Crippen LogP contribution in [0.5, 0.6) is 0 Å². The minimum Gasteiger partial charge on any atom is -0.318 e. The first kappa shape index (κ1) is 14.5. The summed E-state index contributed by atoms with van der Waals surface area (Å²) in [5, 5.41) is 9.20. The Morgan fingerprint density at radius 2 is 2.09 bits per heavy atom. The molecule has 0 unspecified atom stereocenters. The third-order valence-corrected chi connectivity index (χ3v) is 5.61. The lowest BCUT2D eigenvalue weighted by Crippen LogP contribution is -2.33. The second-order valence-electron chi connectivity index (χ2n) is 5.20. The molecule has 1 aliphatic rings. The van der Waals surface area contributed by atoms with E-state index in [1.54, 1.807) is 18.4 Å². The van der Waals surface area contributed by atoms with Gasteiger partial charge in [-0.2, -0.15) is 0 Å². The van der Waals surface area contributed by atoms with Crippen molar-refractivity contribution in [3.05, 3.63) is 24.3 Å². The van der Waals surface area contributed by atoms with Gasteiger partial charge in [-0.25, -0.2) is 4.79 Å². The molecule has 1 fully saturated rings. The largest absolute Gasteiger partial charge is 0.326 e. The van der Waals surface area contributed by atoms with E-state index in [0.29, 0.717) is 12.3 Å². The number of amides is 3. The molecule has 3 heterocycles. The van der Waals surface area contributed by atoms with Gasteiger partial charge in [-0.3, -0.25) is 14.1 Å². The zero-order valence-electron chi connectivity index (χ0n) is 12.3. The van der Waals surface area contributed by atoms with Gasteiger partial charge in [-0.15, -0.1) is 10.2 Å². The molecule has 4 rings (SSSR count). The van der Waals surface area contributed by atoms with Crippen LogP contribution in [0.15, 0.2) is 29.4 Å². The number of aromatic nitrogens is 3. The molecule has 0 atom stereocenters. The normalized spacial score (nSPS) is 15.5. The van der Waals surface area contributed by atoms with Crippen LogP contribution < -0.4 is 0 Å². The number of hydrogen-bond acceptors (Lipinski definition) is 6. The summed E-state index contributed by atoms with van der Waals surface area (Å²) in [5.74, 6) is 0.446. The van der Waals surface area contributed by atoms with Crippen LogP contribution in [-0.2, 0) is 4.79 Å². The van der Waals surface area contributed by atoms with E-state index in [9.17, 15) is 9.59 Å². The lowest BCUT2D eigenvalue weighted by atomic mass is 10.3. The molecule has 0 saturated carbocycles. The van der Waals surface area contributed by atoms with E-state index in [1.165, 1.54) is 21.6 Å². The van der Waals surface area contributed by atoms with Crippen molar-refractivity contribution in [3.63, 3.8) is 0 Å². The molecule has 0 radical (unpaired) electrons. The highest BCUT2D eigenvalue weighted by molar-refractivity contribution is 7.99. The van der Waals surface area contributed by atoms with Gasteiger partial charge in [0.2, 0.25) is 10.9 Å². The second-order valence-corrected chi connectivity index (χ2v) is 7.27. The van der Waals surface area contributed by atoms with Gasteiger partial charge in [0, 0.05) is 19.3 Å². The number of imide groups is 1. The number of benzene rings is 1. The summed E-state index contributed by atoms with van der Waals surface area (Å²) in [6, 6.07) is 7.85. The van der Waals surface area contributed by atoms with Crippen molar-refractivity contribution in [1.82, 2.24) is 24.4 Å². The third-order valence-electron chi connectivity index (χ3n) is 3.69. The maximum Gasteiger partial charge on any atom is 0.326 e. The average Bonchev–Trinajstić information content (AvgIpc) is 3.16. The van der Waals surface area contributed by atoms with Crippen LogP contribution in [0.2, 0.25) is 0 Å². The van der Waals surface area contributed by atoms with Crippen LogP contribution in [0.25, 0.3) is 15.2 Å². The van der Waals surface area contributed by atoms with Crippen LogP contribution >= 0.6 is 23.1 Å². The predicted octanol–water partition coefficient (Wildman–Crippen LogP) is 1.93. The molecule has 118 valence electrons. The van der Waals surface area contributed by atoms with E-state index in [0.717, 1.165) is 20.3 Å². The Morgan fingerprint density at radius 1 is 1.26 bits per heavy atom. The SMILES string of the molecule is CN1CC(=O)N(CCSc2nnc3sc4ccccc4n23)C1=O. The highest BCUT2D eigenvalue weighted by Gasteiger charge is 2.32. The third kappa shape index (κ3) is 2.36. The summed E-state index contributed by atoms with van der Waals surface area (Å²) in [5.41, 5.74) is 1.08. The van der Waals surface area contributed by atoms with E-state index < -0.39 is 0 Å². The van der Waals surface area contributed by atoms with Gasteiger partial charge in [0.25, 0.3) is 0 Å². The van der Waals surface area contributed by atoms with E-state index in [4.69, 9.17) is 0 Å². The number of thioether (sulfide) groups is 1. The van der Waals surface area contributed by atoms with E-state index in [-0.39, 0.29) is 18.5 Å². The monoisotopic (exact) mass is 347 g/mol. The predicted molar refractivity (Wildman–Crippen MR) is 88.8 cm³/mol. The Kier molecular flexibility index (Phi) is 3.46. The summed E-state index contributed by atoms with van der Waals surface area (Å²) in [6.07, 6.45) is 0. The van der Waals surface area contributed by atoms with Gasteiger partial charge >= 0.3 is 6.03 Å². The minimum absolute atomic E-state index is 0.148. The number of urea groups is 1. The van der Waals surface area contributed by atoms with Gasteiger partial charge in [-0.05, 0) is 12.1 Å². The van der Waals surface area contributed by atoms with Crippen molar-refractivity contribution in [2.24, 2.45) is 0 Å². The fourth-order valence-corrected chi connectivity index (χ4v) is 4.46. The molecule has 7 nitrogen and oxygen atoms in total. The molecule has 0 aliphatic carbocycles. The Balaban J connectivity index is 1.52. The van der Waals surface area contributed by atoms with Crippen molar-refractivity contribution in [2.45, 2.75) is 5.16 Å². The van der Waals surface area contributed by atoms with Crippen LogP contribution in [0.4, 0.5) is 4.79 Å². The summed E-state index contributed by atoms with van der Waals surface area (Å²) < 4.78 is 3.18. The lowest BCUT2D eigenvalue weighted by molar-refractivity contribution is -0.125. The van der Waals surface area contributed by atoms with Crippen molar-refractivity contribution in [1.29, 1.82) is 0 Å². The Labute approximate surface area is 139 Å². The highest BCUT2D eigenvalue weighted by atomic mass is 32.2. The van der Waals surface area contributed by atoms with Crippen molar-refractivity contribution in [3.8, 4) is 0 Å². The number of hydrogen-bond donors (Lipinski definition) is 0. The smallest absolute Gasteiger partial charge is 0.318 e. The van der Waals surface area contributed by atoms with Crippen molar-refractivity contribution >= 4 is 50.2 Å². The van der Waals surface area contributed by atoms with Crippen LogP contribution in [0.3, 0.4) is 0 Å². The van der Waals surface area contributed by atoms with Gasteiger partial charge in [0.15, 0.2) is 5.16 Å². The second kappa shape index (κ2) is 5.50. The molecule has 9 heteroatoms. The van der Waals surface area contributed by atoms with E-state index >= 15 is 0 Å². The molecule has 2 aromatic heterocycles. The molecule has 0 N–H and O–H groups in total. The number of fused-ring (bicyclic) bond motifs is 3. The number of carbonyl (C=O) groups is 2. The van der Waals surface area contributed by atoms with Crippen LogP contribution in [0.1, 0.15) is 0 Å². The van der Waals surface area contributed by atoms with Gasteiger partial charge in [0.05, 0.1) is 10.2 Å². The Morgan fingerprint density at radius 3 is 2.87 bits per heavy atom. The average molecular weight is 347 g/mol. The first-order valence-corrected chi connectivity index (χ1v) is 8.86. The van der Waals surface area contributed by atoms with Gasteiger partial charge in [0.1, 0.15) is 6.54 Å². The summed E-state index contributed by atoms with van der Waals surface area (Å²) >= 11 is 3.09. The summed E-state index contributed by atoms with van der Waals surface area (Å²) in [7, 11) is 1.63. The quantitative estimate of drug-likeness (QED) is 0.533. The molecule has 23 heavy (non-hydrogen) atoms. The van der Waals surface area contributed by atoms with Crippen molar-refractivity contribution in [2.75, 3.05) is 25.9 Å². The summed E-state index contributed by atoms with van der Waals surface area (Å²) in [6.45, 7) is 0.539. The first-order valence-electron chi connectivity index (χ1n) is 7.06. The maximum atomic E-state index is 11.8. The minimum atomic E-state index is -0.233. The number of rotatable bonds is 4. The molecule has 1 aromatic carbocycles. The van der Waals surface area contributed by atoms with E-state index in [1.807, 2.05) is 22.6 Å². The standard InChI is InChI=1S/C14H13N5O2S2/c1-17-8-11(20)18(14(17)21)6-7-22-12-15-16-13-19(12)9-4-2-3-5-10(9)23-13/h2-5H,6-8H2,1H3. The first-order chi connectivity index (χ1) is 11.1. The number of para-hydroxylation sites is 1. The molecule has 0 spiro atoms. The summed E-state index contributed by atoms with van der Waals surface area (Å²) in [4.78, 5) is 27.2. The Hall–Kier alpha value is -2.13. The zero-order valence-corrected chi connectivity index (χ0v) is 13.9. The molecular weight excluding hydrogens is 334 g/mol. The Bertz CT molecular complexity index is 918. The molecular formula is C14H13N5O2S2. The number of nitrogens with zero attached hydrogens (tertiary/aromatic N) is 5. The van der Waals surface area contributed by atoms with Gasteiger partial charge < -0.3 is 4.90 Å². The lowest BCUT2D eigenvalue weighted by Gasteiger charge is -2.13. The maximum absolute atomic E-state index is 11.8. The van der Waals surface area contributed by atoms with Gasteiger partial charge in [-0.1, -0.05) is 35.2 Å². The number of thiazole rings is 1. The number of carbonyl (C=O) groups excluding carboxylic acids is 2.